The lowest BCUT2D eigenvalue weighted by molar-refractivity contribution is -0.132. The van der Waals surface area contributed by atoms with Crippen LogP contribution in [-0.2, 0) is 16.1 Å². The predicted molar refractivity (Wildman–Crippen MR) is 99.0 cm³/mol. The Balaban J connectivity index is 1.52. The fraction of sp³-hybridized carbons (Fsp3) is 0.389. The molecule has 0 saturated carbocycles. The number of amides is 1. The first kappa shape index (κ1) is 17.1. The summed E-state index contributed by atoms with van der Waals surface area (Å²) < 4.78 is 13.2. The number of nitrogens with zero attached hydrogens (tertiary/aromatic N) is 4. The Morgan fingerprint density at radius 1 is 1.23 bits per heavy atom. The number of para-hydroxylation sites is 1. The number of fused-ring (bicyclic) bond motifs is 1. The van der Waals surface area contributed by atoms with Gasteiger partial charge in [-0.05, 0) is 19.1 Å². The first-order valence-electron chi connectivity index (χ1n) is 8.66. The molecule has 1 aliphatic heterocycles. The van der Waals surface area contributed by atoms with E-state index in [9.17, 15) is 4.79 Å². The zero-order valence-electron chi connectivity index (χ0n) is 14.6. The third-order valence-electron chi connectivity index (χ3n) is 4.37. The minimum Gasteiger partial charge on any atom is -0.453 e. The third-order valence-corrected chi connectivity index (χ3v) is 5.32. The summed E-state index contributed by atoms with van der Waals surface area (Å²) >= 11 is 1.41. The number of carbonyl (C=O) groups is 1. The minimum atomic E-state index is 0.106. The summed E-state index contributed by atoms with van der Waals surface area (Å²) in [6.45, 7) is 5.26. The van der Waals surface area contributed by atoms with Gasteiger partial charge in [-0.25, -0.2) is 0 Å². The highest BCUT2D eigenvalue weighted by atomic mass is 32.2. The van der Waals surface area contributed by atoms with Crippen molar-refractivity contribution in [1.29, 1.82) is 0 Å². The van der Waals surface area contributed by atoms with Gasteiger partial charge in [0.25, 0.3) is 0 Å². The third kappa shape index (κ3) is 3.34. The fourth-order valence-corrected chi connectivity index (χ4v) is 3.89. The second-order valence-electron chi connectivity index (χ2n) is 5.98. The van der Waals surface area contributed by atoms with Gasteiger partial charge in [-0.15, -0.1) is 10.2 Å². The Bertz CT molecular complexity index is 881. The van der Waals surface area contributed by atoms with Crippen LogP contribution in [0.2, 0.25) is 0 Å². The molecule has 26 heavy (non-hydrogen) atoms. The maximum Gasteiger partial charge on any atom is 0.233 e. The van der Waals surface area contributed by atoms with Gasteiger partial charge in [-0.1, -0.05) is 30.0 Å². The van der Waals surface area contributed by atoms with E-state index in [-0.39, 0.29) is 5.91 Å². The van der Waals surface area contributed by atoms with Crippen molar-refractivity contribution in [3.05, 3.63) is 30.3 Å². The molecule has 8 heteroatoms. The van der Waals surface area contributed by atoms with Crippen LogP contribution >= 0.6 is 11.8 Å². The predicted octanol–water partition coefficient (Wildman–Crippen LogP) is 2.66. The van der Waals surface area contributed by atoms with E-state index in [4.69, 9.17) is 9.15 Å². The largest absolute Gasteiger partial charge is 0.453 e. The maximum atomic E-state index is 12.3. The molecule has 0 N–H and O–H groups in total. The summed E-state index contributed by atoms with van der Waals surface area (Å²) in [6.07, 6.45) is 0. The summed E-state index contributed by atoms with van der Waals surface area (Å²) in [7, 11) is 0. The summed E-state index contributed by atoms with van der Waals surface area (Å²) in [5.74, 6) is 1.82. The lowest BCUT2D eigenvalue weighted by atomic mass is 10.2. The molecule has 0 spiro atoms. The van der Waals surface area contributed by atoms with E-state index in [1.54, 1.807) is 0 Å². The smallest absolute Gasteiger partial charge is 0.233 e. The Labute approximate surface area is 155 Å². The zero-order chi connectivity index (χ0) is 17.9. The van der Waals surface area contributed by atoms with Crippen LogP contribution in [0.4, 0.5) is 0 Å². The van der Waals surface area contributed by atoms with Crippen molar-refractivity contribution < 1.29 is 13.9 Å². The number of ether oxygens (including phenoxy) is 1. The Morgan fingerprint density at radius 3 is 2.81 bits per heavy atom. The number of hydrogen-bond acceptors (Lipinski definition) is 6. The van der Waals surface area contributed by atoms with Crippen LogP contribution in [0.5, 0.6) is 0 Å². The lowest BCUT2D eigenvalue weighted by Gasteiger charge is -2.26. The molecule has 1 saturated heterocycles. The maximum absolute atomic E-state index is 12.3. The molecule has 0 atom stereocenters. The van der Waals surface area contributed by atoms with Gasteiger partial charge < -0.3 is 14.1 Å². The monoisotopic (exact) mass is 372 g/mol. The second-order valence-corrected chi connectivity index (χ2v) is 6.92. The summed E-state index contributed by atoms with van der Waals surface area (Å²) in [4.78, 5) is 14.2. The van der Waals surface area contributed by atoms with E-state index in [2.05, 4.69) is 10.2 Å². The number of thioether (sulfide) groups is 1. The van der Waals surface area contributed by atoms with Gasteiger partial charge in [-0.2, -0.15) is 0 Å². The van der Waals surface area contributed by atoms with Gasteiger partial charge in [0.15, 0.2) is 10.9 Å². The van der Waals surface area contributed by atoms with Crippen molar-refractivity contribution in [3.63, 3.8) is 0 Å². The highest BCUT2D eigenvalue weighted by molar-refractivity contribution is 7.99. The van der Waals surface area contributed by atoms with Gasteiger partial charge in [0, 0.05) is 25.0 Å². The highest BCUT2D eigenvalue weighted by Crippen LogP contribution is 2.29. The molecular formula is C18H20N4O3S. The van der Waals surface area contributed by atoms with Crippen LogP contribution in [0, 0.1) is 0 Å². The Kier molecular flexibility index (Phi) is 4.94. The number of carbonyl (C=O) groups excluding carboxylic acids is 1. The van der Waals surface area contributed by atoms with E-state index in [1.807, 2.05) is 46.7 Å². The standard InChI is InChI=1S/C18H20N4O3S/c1-2-22-17(15-11-13-5-3-4-6-14(13)25-15)19-20-18(22)26-12-16(23)21-7-9-24-10-8-21/h3-6,11H,2,7-10,12H2,1H3. The molecule has 1 fully saturated rings. The summed E-state index contributed by atoms with van der Waals surface area (Å²) in [6, 6.07) is 9.83. The van der Waals surface area contributed by atoms with Gasteiger partial charge >= 0.3 is 0 Å². The van der Waals surface area contributed by atoms with Crippen molar-refractivity contribution in [3.8, 4) is 11.6 Å². The number of hydrogen-bond donors (Lipinski definition) is 0. The topological polar surface area (TPSA) is 73.4 Å². The highest BCUT2D eigenvalue weighted by Gasteiger charge is 2.20. The molecule has 3 aromatic rings. The van der Waals surface area contributed by atoms with Crippen LogP contribution in [0.1, 0.15) is 6.92 Å². The first-order valence-corrected chi connectivity index (χ1v) is 9.65. The van der Waals surface area contributed by atoms with Gasteiger partial charge in [-0.3, -0.25) is 9.36 Å². The Hall–Kier alpha value is -2.32. The van der Waals surface area contributed by atoms with E-state index in [0.29, 0.717) is 50.2 Å². The second kappa shape index (κ2) is 7.51. The van der Waals surface area contributed by atoms with E-state index in [1.165, 1.54) is 11.8 Å². The average Bonchev–Trinajstić information content (AvgIpc) is 3.29. The van der Waals surface area contributed by atoms with Crippen molar-refractivity contribution in [1.82, 2.24) is 19.7 Å². The molecule has 2 aromatic heterocycles. The zero-order valence-corrected chi connectivity index (χ0v) is 15.4. The average molecular weight is 372 g/mol. The van der Waals surface area contributed by atoms with Crippen LogP contribution < -0.4 is 0 Å². The molecule has 136 valence electrons. The van der Waals surface area contributed by atoms with Crippen molar-refractivity contribution in [2.75, 3.05) is 32.1 Å². The fourth-order valence-electron chi connectivity index (χ4n) is 2.99. The molecule has 1 aromatic carbocycles. The van der Waals surface area contributed by atoms with Gasteiger partial charge in [0.05, 0.1) is 19.0 Å². The molecule has 7 nitrogen and oxygen atoms in total. The molecule has 0 unspecified atom stereocenters. The van der Waals surface area contributed by atoms with E-state index < -0.39 is 0 Å². The first-order chi connectivity index (χ1) is 12.8. The summed E-state index contributed by atoms with van der Waals surface area (Å²) in [5.41, 5.74) is 0.824. The molecule has 0 aliphatic carbocycles. The van der Waals surface area contributed by atoms with Crippen molar-refractivity contribution in [2.24, 2.45) is 0 Å². The van der Waals surface area contributed by atoms with E-state index in [0.717, 1.165) is 16.1 Å². The van der Waals surface area contributed by atoms with Crippen molar-refractivity contribution >= 4 is 28.6 Å². The quantitative estimate of drug-likeness (QED) is 0.641. The number of aromatic nitrogens is 3. The van der Waals surface area contributed by atoms with Crippen molar-refractivity contribution in [2.45, 2.75) is 18.6 Å². The number of benzene rings is 1. The molecule has 1 aliphatic rings. The molecule has 3 heterocycles. The van der Waals surface area contributed by atoms with Crippen LogP contribution in [-0.4, -0.2) is 57.6 Å². The Morgan fingerprint density at radius 2 is 2.04 bits per heavy atom. The lowest BCUT2D eigenvalue weighted by Crippen LogP contribution is -2.41. The van der Waals surface area contributed by atoms with Crippen LogP contribution in [0.15, 0.2) is 39.9 Å². The van der Waals surface area contributed by atoms with Crippen LogP contribution in [0.25, 0.3) is 22.6 Å². The SMILES string of the molecule is CCn1c(SCC(=O)N2CCOCC2)nnc1-c1cc2ccccc2o1. The molecular weight excluding hydrogens is 352 g/mol. The van der Waals surface area contributed by atoms with E-state index >= 15 is 0 Å². The number of morpholine rings is 1. The molecule has 0 bridgehead atoms. The number of rotatable bonds is 5. The van der Waals surface area contributed by atoms with Gasteiger partial charge in [0.1, 0.15) is 5.58 Å². The number of furan rings is 1. The van der Waals surface area contributed by atoms with Crippen LogP contribution in [0.3, 0.4) is 0 Å². The molecule has 4 rings (SSSR count). The van der Waals surface area contributed by atoms with Gasteiger partial charge in [0.2, 0.25) is 11.7 Å². The molecule has 0 radical (unpaired) electrons. The normalized spacial score (nSPS) is 14.9. The summed E-state index contributed by atoms with van der Waals surface area (Å²) in [5, 5.41) is 10.3. The molecule has 1 amide bonds. The minimum absolute atomic E-state index is 0.106.